The summed E-state index contributed by atoms with van der Waals surface area (Å²) >= 11 is 0. The number of imidazole rings is 1. The van der Waals surface area contributed by atoms with Crippen LogP contribution in [-0.2, 0) is 24.2 Å². The molecule has 0 radical (unpaired) electrons. The van der Waals surface area contributed by atoms with Gasteiger partial charge in [-0.25, -0.2) is 9.97 Å². The molecular weight excluding hydrogens is 320 g/mol. The molecule has 1 amide bonds. The normalized spacial score (nSPS) is 15.0. The third-order valence-corrected chi connectivity index (χ3v) is 4.26. The van der Waals surface area contributed by atoms with E-state index in [-0.39, 0.29) is 5.91 Å². The number of nitrogens with zero attached hydrogens (tertiary/aromatic N) is 4. The second-order valence-corrected chi connectivity index (χ2v) is 6.03. The number of amides is 1. The SMILES string of the molecule is N[C@@H](Cc1cnc[nH]1)C(=O)N1CCc2oc(-c3cccnc3)nc2C1. The summed E-state index contributed by atoms with van der Waals surface area (Å²) in [6.07, 6.45) is 7.73. The van der Waals surface area contributed by atoms with Gasteiger partial charge in [-0.15, -0.1) is 0 Å². The maximum atomic E-state index is 12.6. The number of pyridine rings is 1. The van der Waals surface area contributed by atoms with E-state index in [1.807, 2.05) is 12.1 Å². The number of hydrogen-bond acceptors (Lipinski definition) is 6. The van der Waals surface area contributed by atoms with Gasteiger partial charge in [0.2, 0.25) is 11.8 Å². The number of nitrogens with one attached hydrogen (secondary N) is 1. The van der Waals surface area contributed by atoms with Crippen molar-refractivity contribution in [3.8, 4) is 11.5 Å². The standard InChI is InChI=1S/C17H18N6O2/c18-13(6-12-8-20-10-21-12)17(24)23-5-3-15-14(9-23)22-16(25-15)11-2-1-4-19-7-11/h1-2,4,7-8,10,13H,3,5-6,9,18H2,(H,20,21)/t13-/m0/s1. The van der Waals surface area contributed by atoms with Crippen molar-refractivity contribution in [2.75, 3.05) is 6.54 Å². The highest BCUT2D eigenvalue weighted by molar-refractivity contribution is 5.82. The maximum absolute atomic E-state index is 12.6. The molecule has 0 bridgehead atoms. The third-order valence-electron chi connectivity index (χ3n) is 4.26. The van der Waals surface area contributed by atoms with Crippen LogP contribution < -0.4 is 5.73 Å². The molecule has 4 rings (SSSR count). The van der Waals surface area contributed by atoms with Crippen molar-refractivity contribution >= 4 is 5.91 Å². The lowest BCUT2D eigenvalue weighted by Crippen LogP contribution is -2.46. The average molecular weight is 338 g/mol. The number of hydrogen-bond donors (Lipinski definition) is 2. The van der Waals surface area contributed by atoms with Crippen LogP contribution in [0.3, 0.4) is 0 Å². The van der Waals surface area contributed by atoms with Crippen molar-refractivity contribution in [1.82, 2.24) is 24.8 Å². The predicted octanol–water partition coefficient (Wildman–Crippen LogP) is 0.914. The quantitative estimate of drug-likeness (QED) is 0.731. The van der Waals surface area contributed by atoms with Gasteiger partial charge in [-0.05, 0) is 12.1 Å². The van der Waals surface area contributed by atoms with Crippen LogP contribution in [0.25, 0.3) is 11.5 Å². The van der Waals surface area contributed by atoms with Gasteiger partial charge in [-0.3, -0.25) is 9.78 Å². The summed E-state index contributed by atoms with van der Waals surface area (Å²) < 4.78 is 5.83. The van der Waals surface area contributed by atoms with Crippen LogP contribution in [0.5, 0.6) is 0 Å². The Morgan fingerprint density at radius 1 is 1.40 bits per heavy atom. The van der Waals surface area contributed by atoms with Gasteiger partial charge in [0, 0.05) is 43.7 Å². The highest BCUT2D eigenvalue weighted by atomic mass is 16.4. The van der Waals surface area contributed by atoms with Crippen LogP contribution in [0.15, 0.2) is 41.5 Å². The summed E-state index contributed by atoms with van der Waals surface area (Å²) in [7, 11) is 0. The van der Waals surface area contributed by atoms with Gasteiger partial charge < -0.3 is 20.0 Å². The summed E-state index contributed by atoms with van der Waals surface area (Å²) in [6.45, 7) is 0.985. The summed E-state index contributed by atoms with van der Waals surface area (Å²) in [5, 5.41) is 0. The Bertz CT molecular complexity index is 859. The number of nitrogens with two attached hydrogens (primary N) is 1. The Hall–Kier alpha value is -3.00. The van der Waals surface area contributed by atoms with E-state index in [1.54, 1.807) is 29.8 Å². The van der Waals surface area contributed by atoms with E-state index in [2.05, 4.69) is 19.9 Å². The van der Waals surface area contributed by atoms with E-state index < -0.39 is 6.04 Å². The Kier molecular flexibility index (Phi) is 4.02. The summed E-state index contributed by atoms with van der Waals surface area (Å²) in [5.41, 5.74) is 8.52. The van der Waals surface area contributed by atoms with Crippen LogP contribution in [-0.4, -0.2) is 43.3 Å². The van der Waals surface area contributed by atoms with E-state index in [0.29, 0.717) is 31.8 Å². The number of carbonyl (C=O) groups is 1. The van der Waals surface area contributed by atoms with Gasteiger partial charge >= 0.3 is 0 Å². The molecule has 0 saturated heterocycles. The molecule has 0 spiro atoms. The fourth-order valence-corrected chi connectivity index (χ4v) is 2.95. The Balaban J connectivity index is 1.47. The molecule has 25 heavy (non-hydrogen) atoms. The molecule has 1 aliphatic heterocycles. The van der Waals surface area contributed by atoms with Crippen molar-refractivity contribution in [3.05, 3.63) is 54.2 Å². The number of carbonyl (C=O) groups excluding carboxylic acids is 1. The molecule has 8 nitrogen and oxygen atoms in total. The highest BCUT2D eigenvalue weighted by Gasteiger charge is 2.28. The molecule has 3 aromatic rings. The second-order valence-electron chi connectivity index (χ2n) is 6.03. The maximum Gasteiger partial charge on any atom is 0.240 e. The monoisotopic (exact) mass is 338 g/mol. The summed E-state index contributed by atoms with van der Waals surface area (Å²) in [4.78, 5) is 29.9. The molecule has 0 fully saturated rings. The first-order chi connectivity index (χ1) is 12.2. The van der Waals surface area contributed by atoms with Crippen LogP contribution >= 0.6 is 0 Å². The van der Waals surface area contributed by atoms with Gasteiger partial charge in [0.25, 0.3) is 0 Å². The molecule has 4 heterocycles. The average Bonchev–Trinajstić information content (AvgIpc) is 3.30. The van der Waals surface area contributed by atoms with Crippen molar-refractivity contribution in [3.63, 3.8) is 0 Å². The molecule has 0 saturated carbocycles. The van der Waals surface area contributed by atoms with E-state index in [1.165, 1.54) is 0 Å². The van der Waals surface area contributed by atoms with Crippen LogP contribution in [0.4, 0.5) is 0 Å². The fourth-order valence-electron chi connectivity index (χ4n) is 2.95. The smallest absolute Gasteiger partial charge is 0.240 e. The molecule has 8 heteroatoms. The molecule has 0 unspecified atom stereocenters. The lowest BCUT2D eigenvalue weighted by atomic mass is 10.1. The van der Waals surface area contributed by atoms with Crippen molar-refractivity contribution in [2.24, 2.45) is 5.73 Å². The molecule has 128 valence electrons. The van der Waals surface area contributed by atoms with E-state index in [9.17, 15) is 4.79 Å². The lowest BCUT2D eigenvalue weighted by Gasteiger charge is -2.27. The van der Waals surface area contributed by atoms with E-state index in [0.717, 1.165) is 22.7 Å². The van der Waals surface area contributed by atoms with Crippen LogP contribution in [0.2, 0.25) is 0 Å². The number of aromatic nitrogens is 4. The van der Waals surface area contributed by atoms with E-state index in [4.69, 9.17) is 10.2 Å². The minimum Gasteiger partial charge on any atom is -0.441 e. The number of fused-ring (bicyclic) bond motifs is 1. The number of oxazole rings is 1. The minimum atomic E-state index is -0.605. The van der Waals surface area contributed by atoms with Crippen molar-refractivity contribution < 1.29 is 9.21 Å². The predicted molar refractivity (Wildman–Crippen MR) is 89.1 cm³/mol. The molecule has 1 aliphatic rings. The molecule has 0 aromatic carbocycles. The molecular formula is C17H18N6O2. The molecule has 3 aromatic heterocycles. The summed E-state index contributed by atoms with van der Waals surface area (Å²) in [5.74, 6) is 1.27. The first-order valence-electron chi connectivity index (χ1n) is 8.11. The minimum absolute atomic E-state index is 0.0915. The Labute approximate surface area is 144 Å². The van der Waals surface area contributed by atoms with Crippen LogP contribution in [0, 0.1) is 0 Å². The van der Waals surface area contributed by atoms with Gasteiger partial charge in [0.1, 0.15) is 11.5 Å². The largest absolute Gasteiger partial charge is 0.441 e. The van der Waals surface area contributed by atoms with Crippen molar-refractivity contribution in [2.45, 2.75) is 25.4 Å². The zero-order chi connectivity index (χ0) is 17.2. The molecule has 1 atom stereocenters. The zero-order valence-corrected chi connectivity index (χ0v) is 13.6. The number of aromatic amines is 1. The first-order valence-corrected chi connectivity index (χ1v) is 8.11. The zero-order valence-electron chi connectivity index (χ0n) is 13.6. The second kappa shape index (κ2) is 6.48. The van der Waals surface area contributed by atoms with Crippen LogP contribution in [0.1, 0.15) is 17.1 Å². The van der Waals surface area contributed by atoms with Gasteiger partial charge in [0.05, 0.1) is 24.5 Å². The van der Waals surface area contributed by atoms with E-state index >= 15 is 0 Å². The number of rotatable bonds is 4. The van der Waals surface area contributed by atoms with Gasteiger partial charge in [-0.1, -0.05) is 0 Å². The Morgan fingerprint density at radius 2 is 2.32 bits per heavy atom. The fraction of sp³-hybridized carbons (Fsp3) is 0.294. The van der Waals surface area contributed by atoms with Gasteiger partial charge in [0.15, 0.2) is 0 Å². The van der Waals surface area contributed by atoms with Gasteiger partial charge in [-0.2, -0.15) is 0 Å². The summed E-state index contributed by atoms with van der Waals surface area (Å²) in [6, 6.07) is 3.13. The highest BCUT2D eigenvalue weighted by Crippen LogP contribution is 2.26. The lowest BCUT2D eigenvalue weighted by molar-refractivity contribution is -0.133. The topological polar surface area (TPSA) is 114 Å². The van der Waals surface area contributed by atoms with Crippen molar-refractivity contribution in [1.29, 1.82) is 0 Å². The third kappa shape index (κ3) is 3.16. The number of H-pyrrole nitrogens is 1. The first kappa shape index (κ1) is 15.5. The molecule has 0 aliphatic carbocycles. The Morgan fingerprint density at radius 3 is 3.08 bits per heavy atom. The molecule has 3 N–H and O–H groups in total.